The molecular formula is C6H7IO3. The molecule has 0 aliphatic carbocycles. The maximum atomic E-state index is 10.6. The van der Waals surface area contributed by atoms with Crippen molar-refractivity contribution in [3.8, 4) is 0 Å². The molecule has 0 saturated heterocycles. The van der Waals surface area contributed by atoms with Gasteiger partial charge < -0.3 is 9.47 Å². The third kappa shape index (κ3) is 1.62. The fourth-order valence-corrected chi connectivity index (χ4v) is 1.39. The van der Waals surface area contributed by atoms with Gasteiger partial charge in [0.2, 0.25) is 0 Å². The molecule has 4 heteroatoms. The zero-order chi connectivity index (χ0) is 7.56. The first-order valence-corrected chi connectivity index (χ1v) is 4.36. The molecule has 0 aromatic heterocycles. The molecule has 56 valence electrons. The minimum atomic E-state index is -0.314. The van der Waals surface area contributed by atoms with Crippen LogP contribution in [0.4, 0.5) is 0 Å². The first kappa shape index (κ1) is 7.84. The van der Waals surface area contributed by atoms with E-state index in [1.165, 1.54) is 0 Å². The summed E-state index contributed by atoms with van der Waals surface area (Å²) in [5, 5.41) is 0. The number of allylic oxidation sites excluding steroid dienone is 2. The van der Waals surface area contributed by atoms with Crippen molar-refractivity contribution in [2.45, 2.75) is 6.92 Å². The third-order valence-electron chi connectivity index (χ3n) is 1.15. The van der Waals surface area contributed by atoms with E-state index >= 15 is 0 Å². The summed E-state index contributed by atoms with van der Waals surface area (Å²) in [5.41, 5.74) is 0. The Morgan fingerprint density at radius 3 is 2.90 bits per heavy atom. The van der Waals surface area contributed by atoms with Crippen LogP contribution in [-0.2, 0) is 14.3 Å². The number of carbonyl (C=O) groups is 1. The average molecular weight is 254 g/mol. The first-order chi connectivity index (χ1) is 4.74. The monoisotopic (exact) mass is 254 g/mol. The normalized spacial score (nSPS) is 18.4. The standard InChI is InChI=1S/C6H7IO3/c1-4-5(2-7)9-3-6(8)10-4/h2-3H2,1H3. The highest BCUT2D eigenvalue weighted by Gasteiger charge is 2.16. The van der Waals surface area contributed by atoms with Crippen LogP contribution in [0.5, 0.6) is 0 Å². The molecule has 0 fully saturated rings. The predicted octanol–water partition coefficient (Wildman–Crippen LogP) is 1.23. The summed E-state index contributed by atoms with van der Waals surface area (Å²) in [6.45, 7) is 1.78. The molecular weight excluding hydrogens is 247 g/mol. The largest absolute Gasteiger partial charge is 0.482 e. The van der Waals surface area contributed by atoms with Gasteiger partial charge in [-0.3, -0.25) is 0 Å². The number of rotatable bonds is 1. The summed E-state index contributed by atoms with van der Waals surface area (Å²) < 4.78 is 10.6. The van der Waals surface area contributed by atoms with E-state index in [-0.39, 0.29) is 12.6 Å². The minimum absolute atomic E-state index is 0.0513. The van der Waals surface area contributed by atoms with Gasteiger partial charge in [-0.15, -0.1) is 0 Å². The molecule has 0 radical (unpaired) electrons. The van der Waals surface area contributed by atoms with Crippen LogP contribution < -0.4 is 0 Å². The lowest BCUT2D eigenvalue weighted by molar-refractivity contribution is -0.147. The number of hydrogen-bond donors (Lipinski definition) is 0. The quantitative estimate of drug-likeness (QED) is 0.401. The molecule has 0 spiro atoms. The van der Waals surface area contributed by atoms with Crippen LogP contribution in [0.2, 0.25) is 0 Å². The number of cyclic esters (lactones) is 1. The summed E-state index contributed by atoms with van der Waals surface area (Å²) in [6, 6.07) is 0. The molecule has 1 aliphatic rings. The van der Waals surface area contributed by atoms with Crippen LogP contribution in [0.15, 0.2) is 11.5 Å². The maximum absolute atomic E-state index is 10.6. The van der Waals surface area contributed by atoms with Crippen molar-refractivity contribution in [3.63, 3.8) is 0 Å². The maximum Gasteiger partial charge on any atom is 0.349 e. The van der Waals surface area contributed by atoms with Gasteiger partial charge in [0.1, 0.15) is 11.5 Å². The van der Waals surface area contributed by atoms with Crippen molar-refractivity contribution in [1.29, 1.82) is 0 Å². The molecule has 0 aromatic rings. The molecule has 0 amide bonds. The van der Waals surface area contributed by atoms with E-state index in [0.717, 1.165) is 10.2 Å². The smallest absolute Gasteiger partial charge is 0.349 e. The highest BCUT2D eigenvalue weighted by Crippen LogP contribution is 2.15. The SMILES string of the molecule is CC1=C(CI)OCC(=O)O1. The summed E-state index contributed by atoms with van der Waals surface area (Å²) in [4.78, 5) is 10.6. The van der Waals surface area contributed by atoms with E-state index < -0.39 is 0 Å². The lowest BCUT2D eigenvalue weighted by atomic mass is 10.4. The number of halogens is 1. The average Bonchev–Trinajstić information content (AvgIpc) is 1.88. The van der Waals surface area contributed by atoms with Crippen LogP contribution in [0.3, 0.4) is 0 Å². The van der Waals surface area contributed by atoms with Crippen LogP contribution in [0.25, 0.3) is 0 Å². The molecule has 10 heavy (non-hydrogen) atoms. The molecule has 1 heterocycles. The minimum Gasteiger partial charge on any atom is -0.482 e. The molecule has 0 saturated carbocycles. The highest BCUT2D eigenvalue weighted by atomic mass is 127. The van der Waals surface area contributed by atoms with Gasteiger partial charge in [0.15, 0.2) is 6.61 Å². The van der Waals surface area contributed by atoms with Gasteiger partial charge in [-0.2, -0.15) is 0 Å². The molecule has 0 N–H and O–H groups in total. The van der Waals surface area contributed by atoms with Gasteiger partial charge in [0.25, 0.3) is 0 Å². The second-order valence-corrected chi connectivity index (χ2v) is 2.64. The Morgan fingerprint density at radius 2 is 2.40 bits per heavy atom. The van der Waals surface area contributed by atoms with Gasteiger partial charge >= 0.3 is 5.97 Å². The van der Waals surface area contributed by atoms with E-state index in [4.69, 9.17) is 9.47 Å². The Bertz CT molecular complexity index is 185. The molecule has 1 aliphatic heterocycles. The van der Waals surface area contributed by atoms with Crippen molar-refractivity contribution in [3.05, 3.63) is 11.5 Å². The van der Waals surface area contributed by atoms with Crippen molar-refractivity contribution >= 4 is 28.6 Å². The van der Waals surface area contributed by atoms with E-state index in [1.807, 2.05) is 0 Å². The molecule has 0 atom stereocenters. The second kappa shape index (κ2) is 3.23. The lowest BCUT2D eigenvalue weighted by Crippen LogP contribution is -2.19. The summed E-state index contributed by atoms with van der Waals surface area (Å²) >= 11 is 2.15. The number of ether oxygens (including phenoxy) is 2. The zero-order valence-electron chi connectivity index (χ0n) is 5.52. The van der Waals surface area contributed by atoms with Gasteiger partial charge in [-0.25, -0.2) is 4.79 Å². The topological polar surface area (TPSA) is 35.5 Å². The number of carbonyl (C=O) groups excluding carboxylic acids is 1. The molecule has 0 unspecified atom stereocenters. The third-order valence-corrected chi connectivity index (χ3v) is 1.84. The van der Waals surface area contributed by atoms with Crippen LogP contribution in [-0.4, -0.2) is 17.0 Å². The molecule has 0 bridgehead atoms. The van der Waals surface area contributed by atoms with E-state index in [9.17, 15) is 4.79 Å². The summed E-state index contributed by atoms with van der Waals surface area (Å²) in [5.74, 6) is 1.04. The number of esters is 1. The first-order valence-electron chi connectivity index (χ1n) is 2.83. The van der Waals surface area contributed by atoms with Crippen molar-refractivity contribution in [2.24, 2.45) is 0 Å². The van der Waals surface area contributed by atoms with Crippen LogP contribution in [0, 0.1) is 0 Å². The Morgan fingerprint density at radius 1 is 1.70 bits per heavy atom. The number of hydrogen-bond acceptors (Lipinski definition) is 3. The predicted molar refractivity (Wildman–Crippen MR) is 43.6 cm³/mol. The van der Waals surface area contributed by atoms with E-state index in [2.05, 4.69) is 22.6 Å². The van der Waals surface area contributed by atoms with Gasteiger partial charge in [-0.1, -0.05) is 22.6 Å². The van der Waals surface area contributed by atoms with Crippen molar-refractivity contribution in [1.82, 2.24) is 0 Å². The Labute approximate surface area is 72.5 Å². The second-order valence-electron chi connectivity index (χ2n) is 1.88. The molecule has 3 nitrogen and oxygen atoms in total. The van der Waals surface area contributed by atoms with Crippen LogP contribution >= 0.6 is 22.6 Å². The fraction of sp³-hybridized carbons (Fsp3) is 0.500. The van der Waals surface area contributed by atoms with Crippen molar-refractivity contribution in [2.75, 3.05) is 11.0 Å². The summed E-state index contributed by atoms with van der Waals surface area (Å²) in [7, 11) is 0. The van der Waals surface area contributed by atoms with Gasteiger partial charge in [-0.05, 0) is 6.92 Å². The number of alkyl halides is 1. The Kier molecular flexibility index (Phi) is 2.53. The van der Waals surface area contributed by atoms with Gasteiger partial charge in [0.05, 0.1) is 4.43 Å². The van der Waals surface area contributed by atoms with E-state index in [0.29, 0.717) is 5.76 Å². The molecule has 1 rings (SSSR count). The fourth-order valence-electron chi connectivity index (χ4n) is 0.637. The Hall–Kier alpha value is -0.260. The lowest BCUT2D eigenvalue weighted by Gasteiger charge is -2.16. The van der Waals surface area contributed by atoms with Crippen LogP contribution in [0.1, 0.15) is 6.92 Å². The highest BCUT2D eigenvalue weighted by molar-refractivity contribution is 14.1. The molecule has 0 aromatic carbocycles. The van der Waals surface area contributed by atoms with E-state index in [1.54, 1.807) is 6.92 Å². The summed E-state index contributed by atoms with van der Waals surface area (Å²) in [6.07, 6.45) is 0. The zero-order valence-corrected chi connectivity index (χ0v) is 7.67. The Balaban J connectivity index is 2.70. The van der Waals surface area contributed by atoms with Gasteiger partial charge in [0, 0.05) is 0 Å². The van der Waals surface area contributed by atoms with Crippen molar-refractivity contribution < 1.29 is 14.3 Å².